The smallest absolute Gasteiger partial charge is 0.160 e. The topological polar surface area (TPSA) is 34.9 Å². The summed E-state index contributed by atoms with van der Waals surface area (Å²) in [5.74, 6) is 0.0673. The van der Waals surface area contributed by atoms with Gasteiger partial charge in [0.2, 0.25) is 0 Å². The molecule has 88 valence electrons. The fourth-order valence-corrected chi connectivity index (χ4v) is 2.81. The minimum absolute atomic E-state index is 0.0673. The average molecular weight is 311 g/mol. The molecule has 0 bridgehead atoms. The molecule has 1 heterocycles. The van der Waals surface area contributed by atoms with Gasteiger partial charge in [-0.3, -0.25) is 9.48 Å². The van der Waals surface area contributed by atoms with Crippen LogP contribution in [0.1, 0.15) is 17.3 Å². The second-order valence-electron chi connectivity index (χ2n) is 3.65. The minimum Gasteiger partial charge on any atom is -0.294 e. The number of carbonyl (C=O) groups excluding carboxylic acids is 1. The number of nitrogens with zero attached hydrogens (tertiary/aromatic N) is 2. The van der Waals surface area contributed by atoms with E-state index in [4.69, 9.17) is 0 Å². The summed E-state index contributed by atoms with van der Waals surface area (Å²) in [6.07, 6.45) is 3.72. The molecule has 0 atom stereocenters. The van der Waals surface area contributed by atoms with Crippen molar-refractivity contribution in [3.8, 4) is 0 Å². The molecule has 1 aromatic carbocycles. The van der Waals surface area contributed by atoms with Crippen LogP contribution in [0.4, 0.5) is 0 Å². The average Bonchev–Trinajstić information content (AvgIpc) is 2.66. The Balaban J connectivity index is 2.35. The standard InChI is InChI=1S/C12H11BrN2OS/c1-8(16)11-5-9(13)3-4-12(11)17-10-6-14-15(2)7-10/h3-7H,1-2H3. The Kier molecular flexibility index (Phi) is 3.69. The van der Waals surface area contributed by atoms with Crippen LogP contribution in [0, 0.1) is 0 Å². The van der Waals surface area contributed by atoms with Crippen molar-refractivity contribution >= 4 is 33.5 Å². The highest BCUT2D eigenvalue weighted by atomic mass is 79.9. The van der Waals surface area contributed by atoms with E-state index < -0.39 is 0 Å². The quantitative estimate of drug-likeness (QED) is 0.813. The second kappa shape index (κ2) is 5.06. The number of carbonyl (C=O) groups is 1. The molecule has 2 aromatic rings. The van der Waals surface area contributed by atoms with Gasteiger partial charge in [-0.15, -0.1) is 0 Å². The molecule has 0 aliphatic carbocycles. The molecule has 0 saturated heterocycles. The number of halogens is 1. The van der Waals surface area contributed by atoms with Crippen LogP contribution in [0.15, 0.2) is 44.9 Å². The molecule has 0 fully saturated rings. The van der Waals surface area contributed by atoms with Crippen LogP contribution in [0.3, 0.4) is 0 Å². The van der Waals surface area contributed by atoms with Crippen LogP contribution in [0.5, 0.6) is 0 Å². The molecule has 1 aromatic heterocycles. The lowest BCUT2D eigenvalue weighted by atomic mass is 10.1. The van der Waals surface area contributed by atoms with Gasteiger partial charge in [0.1, 0.15) is 0 Å². The predicted molar refractivity (Wildman–Crippen MR) is 71.5 cm³/mol. The van der Waals surface area contributed by atoms with Gasteiger partial charge in [-0.1, -0.05) is 27.7 Å². The largest absolute Gasteiger partial charge is 0.294 e. The van der Waals surface area contributed by atoms with Crippen molar-refractivity contribution in [1.82, 2.24) is 9.78 Å². The third-order valence-corrected chi connectivity index (χ3v) is 3.75. The van der Waals surface area contributed by atoms with Crippen LogP contribution >= 0.6 is 27.7 Å². The molecule has 0 unspecified atom stereocenters. The lowest BCUT2D eigenvalue weighted by Crippen LogP contribution is -1.94. The predicted octanol–water partition coefficient (Wildman–Crippen LogP) is 3.54. The van der Waals surface area contributed by atoms with Crippen LogP contribution in [-0.4, -0.2) is 15.6 Å². The van der Waals surface area contributed by atoms with Crippen LogP contribution < -0.4 is 0 Å². The molecule has 0 aliphatic rings. The summed E-state index contributed by atoms with van der Waals surface area (Å²) in [4.78, 5) is 13.5. The van der Waals surface area contributed by atoms with E-state index in [1.54, 1.807) is 29.6 Å². The van der Waals surface area contributed by atoms with Crippen molar-refractivity contribution in [3.05, 3.63) is 40.6 Å². The summed E-state index contributed by atoms with van der Waals surface area (Å²) in [7, 11) is 1.87. The molecule has 0 aliphatic heterocycles. The Bertz CT molecular complexity index is 565. The first-order valence-electron chi connectivity index (χ1n) is 5.03. The van der Waals surface area contributed by atoms with Crippen LogP contribution in [-0.2, 0) is 7.05 Å². The SMILES string of the molecule is CC(=O)c1cc(Br)ccc1Sc1cnn(C)c1. The number of hydrogen-bond donors (Lipinski definition) is 0. The van der Waals surface area contributed by atoms with Gasteiger partial charge in [-0.05, 0) is 25.1 Å². The van der Waals surface area contributed by atoms with Gasteiger partial charge >= 0.3 is 0 Å². The number of Topliss-reactive ketones (excluding diaryl/α,β-unsaturated/α-hetero) is 1. The first-order chi connectivity index (χ1) is 8.06. The van der Waals surface area contributed by atoms with Crippen molar-refractivity contribution in [3.63, 3.8) is 0 Å². The maximum Gasteiger partial charge on any atom is 0.160 e. The summed E-state index contributed by atoms with van der Waals surface area (Å²) in [6, 6.07) is 5.73. The third-order valence-electron chi connectivity index (χ3n) is 2.23. The molecule has 0 radical (unpaired) electrons. The van der Waals surface area contributed by atoms with E-state index in [1.807, 2.05) is 31.4 Å². The normalized spacial score (nSPS) is 10.5. The molecule has 0 amide bonds. The van der Waals surface area contributed by atoms with Gasteiger partial charge in [0, 0.05) is 28.2 Å². The van der Waals surface area contributed by atoms with Crippen LogP contribution in [0.2, 0.25) is 0 Å². The number of rotatable bonds is 3. The minimum atomic E-state index is 0.0673. The van der Waals surface area contributed by atoms with Crippen molar-refractivity contribution in [1.29, 1.82) is 0 Å². The van der Waals surface area contributed by atoms with Crippen molar-refractivity contribution in [2.24, 2.45) is 7.05 Å². The summed E-state index contributed by atoms with van der Waals surface area (Å²) < 4.78 is 2.66. The molecule has 2 rings (SSSR count). The molecular formula is C12H11BrN2OS. The Morgan fingerprint density at radius 2 is 2.24 bits per heavy atom. The Morgan fingerprint density at radius 3 is 2.82 bits per heavy atom. The number of hydrogen-bond acceptors (Lipinski definition) is 3. The monoisotopic (exact) mass is 310 g/mol. The maximum atomic E-state index is 11.6. The fraction of sp³-hybridized carbons (Fsp3) is 0.167. The van der Waals surface area contributed by atoms with E-state index in [0.29, 0.717) is 0 Å². The number of aromatic nitrogens is 2. The van der Waals surface area contributed by atoms with Crippen LogP contribution in [0.25, 0.3) is 0 Å². The first-order valence-corrected chi connectivity index (χ1v) is 6.64. The highest BCUT2D eigenvalue weighted by molar-refractivity contribution is 9.10. The highest BCUT2D eigenvalue weighted by Crippen LogP contribution is 2.31. The number of benzene rings is 1. The van der Waals surface area contributed by atoms with Crippen molar-refractivity contribution < 1.29 is 4.79 Å². The van der Waals surface area contributed by atoms with Gasteiger partial charge < -0.3 is 0 Å². The lowest BCUT2D eigenvalue weighted by molar-refractivity contribution is 0.101. The summed E-state index contributed by atoms with van der Waals surface area (Å²) in [6.45, 7) is 1.58. The van der Waals surface area contributed by atoms with Gasteiger partial charge in [-0.2, -0.15) is 5.10 Å². The fourth-order valence-electron chi connectivity index (χ4n) is 1.44. The molecule has 0 saturated carbocycles. The van der Waals surface area contributed by atoms with Crippen molar-refractivity contribution in [2.75, 3.05) is 0 Å². The first kappa shape index (κ1) is 12.4. The molecule has 5 heteroatoms. The molecular weight excluding hydrogens is 300 g/mol. The van der Waals surface area contributed by atoms with Crippen molar-refractivity contribution in [2.45, 2.75) is 16.7 Å². The van der Waals surface area contributed by atoms with E-state index in [-0.39, 0.29) is 5.78 Å². The lowest BCUT2D eigenvalue weighted by Gasteiger charge is -2.05. The van der Waals surface area contributed by atoms with Gasteiger partial charge in [0.25, 0.3) is 0 Å². The van der Waals surface area contributed by atoms with E-state index in [9.17, 15) is 4.79 Å². The Labute approximate surface area is 112 Å². The van der Waals surface area contributed by atoms with Gasteiger partial charge in [-0.25, -0.2) is 0 Å². The third kappa shape index (κ3) is 2.98. The zero-order valence-electron chi connectivity index (χ0n) is 9.48. The van der Waals surface area contributed by atoms with E-state index in [2.05, 4.69) is 21.0 Å². The highest BCUT2D eigenvalue weighted by Gasteiger charge is 2.10. The van der Waals surface area contributed by atoms with Gasteiger partial charge in [0.05, 0.1) is 11.1 Å². The zero-order chi connectivity index (χ0) is 12.4. The molecule has 3 nitrogen and oxygen atoms in total. The molecule has 17 heavy (non-hydrogen) atoms. The Hall–Kier alpha value is -1.07. The second-order valence-corrected chi connectivity index (χ2v) is 5.68. The summed E-state index contributed by atoms with van der Waals surface area (Å²) in [5, 5.41) is 4.11. The van der Waals surface area contributed by atoms with E-state index in [0.717, 1.165) is 19.8 Å². The number of aryl methyl sites for hydroxylation is 1. The Morgan fingerprint density at radius 1 is 1.47 bits per heavy atom. The van der Waals surface area contributed by atoms with E-state index in [1.165, 1.54) is 0 Å². The zero-order valence-corrected chi connectivity index (χ0v) is 11.9. The number of ketones is 1. The summed E-state index contributed by atoms with van der Waals surface area (Å²) in [5.41, 5.74) is 0.730. The summed E-state index contributed by atoms with van der Waals surface area (Å²) >= 11 is 4.92. The molecule has 0 spiro atoms. The van der Waals surface area contributed by atoms with E-state index >= 15 is 0 Å². The molecule has 0 N–H and O–H groups in total. The van der Waals surface area contributed by atoms with Gasteiger partial charge in [0.15, 0.2) is 5.78 Å². The maximum absolute atomic E-state index is 11.6.